The van der Waals surface area contributed by atoms with Gasteiger partial charge in [0.05, 0.1) is 28.5 Å². The molecule has 3 rings (SSSR count). The number of aromatic nitrogens is 2. The van der Waals surface area contributed by atoms with Gasteiger partial charge in [-0.05, 0) is 45.3 Å². The number of primary amides is 1. The van der Waals surface area contributed by atoms with Crippen LogP contribution in [0.3, 0.4) is 0 Å². The van der Waals surface area contributed by atoms with Gasteiger partial charge in [0.2, 0.25) is 0 Å². The summed E-state index contributed by atoms with van der Waals surface area (Å²) in [5, 5.41) is 4.10. The van der Waals surface area contributed by atoms with E-state index in [4.69, 9.17) is 15.0 Å². The zero-order valence-electron chi connectivity index (χ0n) is 12.6. The van der Waals surface area contributed by atoms with Crippen LogP contribution in [0.2, 0.25) is 0 Å². The van der Waals surface area contributed by atoms with Crippen molar-refractivity contribution in [1.82, 2.24) is 9.61 Å². The van der Waals surface area contributed by atoms with E-state index in [1.165, 1.54) is 6.20 Å². The molecule has 3 heterocycles. The Kier molecular flexibility index (Phi) is 2.90. The van der Waals surface area contributed by atoms with Crippen molar-refractivity contribution >= 4 is 24.0 Å². The molecular formula is C14H18BN3O3. The summed E-state index contributed by atoms with van der Waals surface area (Å²) in [7, 11) is -0.476. The number of nitrogens with two attached hydrogens (primary N) is 1. The quantitative estimate of drug-likeness (QED) is 0.826. The predicted molar refractivity (Wildman–Crippen MR) is 79.4 cm³/mol. The van der Waals surface area contributed by atoms with E-state index in [-0.39, 0.29) is 0 Å². The minimum atomic E-state index is -0.504. The second kappa shape index (κ2) is 4.32. The van der Waals surface area contributed by atoms with Gasteiger partial charge in [0.15, 0.2) is 0 Å². The predicted octanol–water partition coefficient (Wildman–Crippen LogP) is 0.732. The molecule has 0 atom stereocenters. The van der Waals surface area contributed by atoms with Gasteiger partial charge >= 0.3 is 7.12 Å². The second-order valence-corrected chi connectivity index (χ2v) is 6.30. The molecule has 0 bridgehead atoms. The molecule has 7 heteroatoms. The van der Waals surface area contributed by atoms with Crippen molar-refractivity contribution in [1.29, 1.82) is 0 Å². The molecule has 1 saturated heterocycles. The third-order valence-electron chi connectivity index (χ3n) is 4.34. The maximum absolute atomic E-state index is 11.4. The Hall–Kier alpha value is -1.86. The van der Waals surface area contributed by atoms with E-state index in [2.05, 4.69) is 5.10 Å². The van der Waals surface area contributed by atoms with Gasteiger partial charge in [-0.1, -0.05) is 0 Å². The molecule has 0 aromatic carbocycles. The Bertz CT molecular complexity index is 707. The van der Waals surface area contributed by atoms with Gasteiger partial charge in [-0.2, -0.15) is 5.10 Å². The fourth-order valence-electron chi connectivity index (χ4n) is 2.31. The number of nitrogens with zero attached hydrogens (tertiary/aromatic N) is 2. The first-order valence-corrected chi connectivity index (χ1v) is 6.84. The number of pyridine rings is 1. The van der Waals surface area contributed by atoms with E-state index in [1.807, 2.05) is 39.8 Å². The molecule has 0 saturated carbocycles. The first-order chi connectivity index (χ1) is 9.71. The molecular weight excluding hydrogens is 269 g/mol. The maximum Gasteiger partial charge on any atom is 0.494 e. The first kappa shape index (κ1) is 14.1. The monoisotopic (exact) mass is 287 g/mol. The third kappa shape index (κ3) is 2.13. The van der Waals surface area contributed by atoms with E-state index < -0.39 is 24.2 Å². The van der Waals surface area contributed by atoms with Gasteiger partial charge in [0, 0.05) is 6.20 Å². The fourth-order valence-corrected chi connectivity index (χ4v) is 2.31. The van der Waals surface area contributed by atoms with E-state index in [0.717, 1.165) is 5.46 Å². The summed E-state index contributed by atoms with van der Waals surface area (Å²) in [5.74, 6) is -0.504. The van der Waals surface area contributed by atoms with Gasteiger partial charge in [-0.25, -0.2) is 4.52 Å². The topological polar surface area (TPSA) is 78.9 Å². The highest BCUT2D eigenvalue weighted by Crippen LogP contribution is 2.36. The molecule has 2 N–H and O–H groups in total. The van der Waals surface area contributed by atoms with Crippen LogP contribution in [-0.2, 0) is 9.31 Å². The van der Waals surface area contributed by atoms with Crippen molar-refractivity contribution in [3.63, 3.8) is 0 Å². The zero-order valence-corrected chi connectivity index (χ0v) is 12.6. The lowest BCUT2D eigenvalue weighted by atomic mass is 9.79. The summed E-state index contributed by atoms with van der Waals surface area (Å²) >= 11 is 0. The molecule has 21 heavy (non-hydrogen) atoms. The maximum atomic E-state index is 11.4. The van der Waals surface area contributed by atoms with Crippen molar-refractivity contribution in [3.05, 3.63) is 30.1 Å². The van der Waals surface area contributed by atoms with Crippen LogP contribution < -0.4 is 11.2 Å². The molecule has 0 radical (unpaired) electrons. The van der Waals surface area contributed by atoms with Crippen molar-refractivity contribution < 1.29 is 14.1 Å². The van der Waals surface area contributed by atoms with Crippen LogP contribution in [0.15, 0.2) is 24.5 Å². The minimum Gasteiger partial charge on any atom is -0.399 e. The molecule has 2 aromatic rings. The molecule has 2 aromatic heterocycles. The Balaban J connectivity index is 2.03. The number of carbonyl (C=O) groups is 1. The Morgan fingerprint density at radius 3 is 2.48 bits per heavy atom. The standard InChI is InChI=1S/C14H18BN3O3/c1-13(2)14(3,4)21-15(20-13)9-5-6-18-11(7-9)10(8-17-18)12(16)19/h5-8H,1-4H3,(H2,16,19). The highest BCUT2D eigenvalue weighted by Gasteiger charge is 2.51. The molecule has 0 spiro atoms. The zero-order chi connectivity index (χ0) is 15.4. The van der Waals surface area contributed by atoms with Crippen LogP contribution in [0.25, 0.3) is 5.52 Å². The van der Waals surface area contributed by atoms with Gasteiger partial charge in [-0.3, -0.25) is 4.79 Å². The highest BCUT2D eigenvalue weighted by atomic mass is 16.7. The normalized spacial score (nSPS) is 20.1. The lowest BCUT2D eigenvalue weighted by Crippen LogP contribution is -2.41. The van der Waals surface area contributed by atoms with E-state index >= 15 is 0 Å². The smallest absolute Gasteiger partial charge is 0.399 e. The van der Waals surface area contributed by atoms with E-state index in [9.17, 15) is 4.79 Å². The van der Waals surface area contributed by atoms with Crippen LogP contribution in [0.1, 0.15) is 38.1 Å². The molecule has 1 aliphatic heterocycles. The average Bonchev–Trinajstić information content (AvgIpc) is 2.87. The van der Waals surface area contributed by atoms with Crippen LogP contribution >= 0.6 is 0 Å². The van der Waals surface area contributed by atoms with Crippen molar-refractivity contribution in [2.45, 2.75) is 38.9 Å². The summed E-state index contributed by atoms with van der Waals surface area (Å²) in [6.45, 7) is 8.00. The number of fused-ring (bicyclic) bond motifs is 1. The minimum absolute atomic E-state index is 0.383. The average molecular weight is 287 g/mol. The largest absolute Gasteiger partial charge is 0.494 e. The van der Waals surface area contributed by atoms with E-state index in [1.54, 1.807) is 10.7 Å². The second-order valence-electron chi connectivity index (χ2n) is 6.30. The van der Waals surface area contributed by atoms with E-state index in [0.29, 0.717) is 11.1 Å². The summed E-state index contributed by atoms with van der Waals surface area (Å²) < 4.78 is 13.6. The Morgan fingerprint density at radius 1 is 1.29 bits per heavy atom. The van der Waals surface area contributed by atoms with Crippen LogP contribution in [0.5, 0.6) is 0 Å². The summed E-state index contributed by atoms with van der Waals surface area (Å²) in [5.41, 5.74) is 6.41. The highest BCUT2D eigenvalue weighted by molar-refractivity contribution is 6.62. The van der Waals surface area contributed by atoms with Crippen LogP contribution in [0.4, 0.5) is 0 Å². The van der Waals surface area contributed by atoms with Gasteiger partial charge in [0.25, 0.3) is 5.91 Å². The van der Waals surface area contributed by atoms with Crippen LogP contribution in [0, 0.1) is 0 Å². The van der Waals surface area contributed by atoms with Gasteiger partial charge in [-0.15, -0.1) is 0 Å². The Labute approximate surface area is 123 Å². The van der Waals surface area contributed by atoms with Crippen molar-refractivity contribution in [2.24, 2.45) is 5.73 Å². The molecule has 1 aliphatic rings. The van der Waals surface area contributed by atoms with Gasteiger partial charge < -0.3 is 15.0 Å². The molecule has 6 nitrogen and oxygen atoms in total. The summed E-state index contributed by atoms with van der Waals surface area (Å²) in [6.07, 6.45) is 3.23. The summed E-state index contributed by atoms with van der Waals surface area (Å²) in [4.78, 5) is 11.4. The van der Waals surface area contributed by atoms with Crippen LogP contribution in [-0.4, -0.2) is 33.8 Å². The lowest BCUT2D eigenvalue weighted by Gasteiger charge is -2.32. The third-order valence-corrected chi connectivity index (χ3v) is 4.34. The number of rotatable bonds is 2. The SMILES string of the molecule is CC1(C)OB(c2ccn3ncc(C(N)=O)c3c2)OC1(C)C. The number of hydrogen-bond acceptors (Lipinski definition) is 4. The molecule has 0 aliphatic carbocycles. The van der Waals surface area contributed by atoms with Gasteiger partial charge in [0.1, 0.15) is 0 Å². The molecule has 1 fully saturated rings. The molecule has 0 unspecified atom stereocenters. The fraction of sp³-hybridized carbons (Fsp3) is 0.429. The number of carbonyl (C=O) groups excluding carboxylic acids is 1. The number of hydrogen-bond donors (Lipinski definition) is 1. The molecule has 1 amide bonds. The first-order valence-electron chi connectivity index (χ1n) is 6.84. The van der Waals surface area contributed by atoms with Crippen molar-refractivity contribution in [3.8, 4) is 0 Å². The Morgan fingerprint density at radius 2 is 1.90 bits per heavy atom. The number of amides is 1. The molecule has 110 valence electrons. The van der Waals surface area contributed by atoms with Crippen molar-refractivity contribution in [2.75, 3.05) is 0 Å². The summed E-state index contributed by atoms with van der Waals surface area (Å²) in [6, 6.07) is 3.70. The lowest BCUT2D eigenvalue weighted by molar-refractivity contribution is 0.00578.